The van der Waals surface area contributed by atoms with E-state index in [0.29, 0.717) is 18.0 Å². The molecular weight excluding hydrogens is 414 g/mol. The fraction of sp³-hybridized carbons (Fsp3) is 0.455. The molecule has 1 saturated carbocycles. The topological polar surface area (TPSA) is 52.6 Å². The number of guanidine groups is 1. The fourth-order valence-electron chi connectivity index (χ4n) is 3.89. The van der Waals surface area contributed by atoms with Crippen LogP contribution in [0, 0.1) is 0 Å². The summed E-state index contributed by atoms with van der Waals surface area (Å²) in [6, 6.07) is 15.7. The molecule has 1 aromatic carbocycles. The number of aliphatic imine (C=N–C) groups is 1. The molecule has 0 radical (unpaired) electrons. The fourth-order valence-corrected chi connectivity index (χ4v) is 4.15. The zero-order chi connectivity index (χ0) is 19.3. The highest BCUT2D eigenvalue weighted by Crippen LogP contribution is 2.41. The summed E-state index contributed by atoms with van der Waals surface area (Å²) in [5.41, 5.74) is 1.40. The first-order chi connectivity index (χ1) is 13.7. The lowest BCUT2D eigenvalue weighted by molar-refractivity contribution is 0.459. The molecule has 1 saturated heterocycles. The third-order valence-corrected chi connectivity index (χ3v) is 6.06. The summed E-state index contributed by atoms with van der Waals surface area (Å²) in [6.07, 6.45) is 5.24. The maximum absolute atomic E-state index is 4.68. The van der Waals surface area contributed by atoms with E-state index in [1.807, 2.05) is 12.3 Å². The lowest BCUT2D eigenvalue weighted by atomic mass is 10.1. The van der Waals surface area contributed by atoms with Gasteiger partial charge in [0.15, 0.2) is 5.96 Å². The Morgan fingerprint density at radius 3 is 2.61 bits per heavy atom. The van der Waals surface area contributed by atoms with Crippen molar-refractivity contribution in [2.45, 2.75) is 44.2 Å². The zero-order valence-corrected chi connectivity index (χ0v) is 17.9. The molecule has 4 rings (SSSR count). The number of hydrogen-bond acceptors (Lipinski definition) is 3. The first-order valence-electron chi connectivity index (χ1n) is 10.2. The Morgan fingerprint density at radius 1 is 1.14 bits per heavy atom. The van der Waals surface area contributed by atoms with Crippen LogP contribution in [0.5, 0.6) is 0 Å². The van der Waals surface area contributed by atoms with Gasteiger partial charge in [0.25, 0.3) is 0 Å². The minimum Gasteiger partial charge on any atom is -0.356 e. The highest BCUT2D eigenvalue weighted by atomic mass is 79.9. The van der Waals surface area contributed by atoms with Crippen LogP contribution in [0.25, 0.3) is 0 Å². The van der Waals surface area contributed by atoms with E-state index >= 15 is 0 Å². The average Bonchev–Trinajstić information content (AvgIpc) is 3.49. The zero-order valence-electron chi connectivity index (χ0n) is 16.3. The Hall–Kier alpha value is -2.08. The molecule has 1 aliphatic carbocycles. The first-order valence-corrected chi connectivity index (χ1v) is 11.0. The molecule has 2 atom stereocenters. The third kappa shape index (κ3) is 4.85. The van der Waals surface area contributed by atoms with Crippen LogP contribution in [0.15, 0.2) is 58.1 Å². The molecule has 2 aliphatic rings. The Balaban J connectivity index is 1.28. The number of aromatic nitrogens is 1. The van der Waals surface area contributed by atoms with Gasteiger partial charge in [-0.05, 0) is 56.0 Å². The monoisotopic (exact) mass is 441 g/mol. The van der Waals surface area contributed by atoms with Crippen LogP contribution in [0.2, 0.25) is 0 Å². The largest absolute Gasteiger partial charge is 0.356 e. The summed E-state index contributed by atoms with van der Waals surface area (Å²) in [5, 5.41) is 7.31. The van der Waals surface area contributed by atoms with Crippen LogP contribution < -0.4 is 15.5 Å². The van der Waals surface area contributed by atoms with E-state index in [1.54, 1.807) is 0 Å². The molecule has 1 aromatic heterocycles. The highest BCUT2D eigenvalue weighted by Gasteiger charge is 2.39. The number of benzene rings is 1. The van der Waals surface area contributed by atoms with Crippen molar-refractivity contribution in [1.29, 1.82) is 0 Å². The van der Waals surface area contributed by atoms with E-state index in [0.717, 1.165) is 48.7 Å². The van der Waals surface area contributed by atoms with E-state index < -0.39 is 0 Å². The second kappa shape index (κ2) is 8.95. The van der Waals surface area contributed by atoms with E-state index in [9.17, 15) is 0 Å². The van der Waals surface area contributed by atoms with Crippen molar-refractivity contribution in [2.75, 3.05) is 24.5 Å². The molecule has 6 heteroatoms. The minimum atomic E-state index is 0.461. The number of piperidine rings is 1. The van der Waals surface area contributed by atoms with Crippen molar-refractivity contribution in [1.82, 2.24) is 15.6 Å². The number of pyridine rings is 1. The Bertz CT molecular complexity index is 784. The van der Waals surface area contributed by atoms with Crippen molar-refractivity contribution < 1.29 is 0 Å². The van der Waals surface area contributed by atoms with Crippen molar-refractivity contribution in [3.8, 4) is 0 Å². The standard InChI is InChI=1S/C22H28BrN5/c1-2-24-22(27-20-15-19(20)16-6-8-17(23)9-7-16)26-18-10-13-28(14-11-18)21-5-3-4-12-25-21/h3-9,12,18-20H,2,10-11,13-15H2,1H3,(H2,24,26,27). The molecule has 1 aliphatic heterocycles. The summed E-state index contributed by atoms with van der Waals surface area (Å²) in [6.45, 7) is 4.93. The number of anilines is 1. The lowest BCUT2D eigenvalue weighted by Gasteiger charge is -2.33. The smallest absolute Gasteiger partial charge is 0.191 e. The van der Waals surface area contributed by atoms with Gasteiger partial charge in [-0.15, -0.1) is 0 Å². The normalized spacial score (nSPS) is 22.8. The lowest BCUT2D eigenvalue weighted by Crippen LogP contribution is -2.49. The van der Waals surface area contributed by atoms with Crippen LogP contribution in [-0.2, 0) is 0 Å². The van der Waals surface area contributed by atoms with Crippen molar-refractivity contribution in [3.05, 3.63) is 58.7 Å². The van der Waals surface area contributed by atoms with Gasteiger partial charge in [-0.25, -0.2) is 4.98 Å². The maximum atomic E-state index is 4.68. The molecule has 2 heterocycles. The van der Waals surface area contributed by atoms with Gasteiger partial charge >= 0.3 is 0 Å². The number of nitrogens with one attached hydrogen (secondary N) is 2. The van der Waals surface area contributed by atoms with Gasteiger partial charge in [0.05, 0.1) is 0 Å². The summed E-state index contributed by atoms with van der Waals surface area (Å²) < 4.78 is 1.13. The van der Waals surface area contributed by atoms with Crippen molar-refractivity contribution >= 4 is 27.7 Å². The molecule has 28 heavy (non-hydrogen) atoms. The molecule has 0 amide bonds. The summed E-state index contributed by atoms with van der Waals surface area (Å²) in [5.74, 6) is 2.63. The Labute approximate surface area is 175 Å². The Morgan fingerprint density at radius 2 is 1.93 bits per heavy atom. The van der Waals surface area contributed by atoms with Crippen LogP contribution >= 0.6 is 15.9 Å². The van der Waals surface area contributed by atoms with Crippen LogP contribution in [0.4, 0.5) is 5.82 Å². The van der Waals surface area contributed by atoms with Crippen LogP contribution in [0.1, 0.15) is 37.7 Å². The van der Waals surface area contributed by atoms with Gasteiger partial charge in [-0.3, -0.25) is 4.99 Å². The van der Waals surface area contributed by atoms with Crippen molar-refractivity contribution in [2.24, 2.45) is 4.99 Å². The molecule has 2 N–H and O–H groups in total. The summed E-state index contributed by atoms with van der Waals surface area (Å²) in [4.78, 5) is 11.5. The summed E-state index contributed by atoms with van der Waals surface area (Å²) >= 11 is 3.51. The molecular formula is C22H28BrN5. The van der Waals surface area contributed by atoms with Crippen LogP contribution in [-0.4, -0.2) is 42.7 Å². The maximum Gasteiger partial charge on any atom is 0.191 e. The number of nitrogens with zero attached hydrogens (tertiary/aromatic N) is 3. The quantitative estimate of drug-likeness (QED) is 0.545. The van der Waals surface area contributed by atoms with Gasteiger partial charge in [0.2, 0.25) is 0 Å². The summed E-state index contributed by atoms with van der Waals surface area (Å²) in [7, 11) is 0. The molecule has 2 fully saturated rings. The predicted molar refractivity (Wildman–Crippen MR) is 119 cm³/mol. The van der Waals surface area contributed by atoms with E-state index in [1.165, 1.54) is 12.0 Å². The molecule has 5 nitrogen and oxygen atoms in total. The van der Waals surface area contributed by atoms with Crippen LogP contribution in [0.3, 0.4) is 0 Å². The third-order valence-electron chi connectivity index (χ3n) is 5.54. The number of hydrogen-bond donors (Lipinski definition) is 2. The van der Waals surface area contributed by atoms with Gasteiger partial charge in [0, 0.05) is 48.3 Å². The first kappa shape index (κ1) is 19.2. The van der Waals surface area contributed by atoms with Gasteiger partial charge in [0.1, 0.15) is 5.82 Å². The van der Waals surface area contributed by atoms with Gasteiger partial charge in [-0.2, -0.15) is 0 Å². The molecule has 2 unspecified atom stereocenters. The minimum absolute atomic E-state index is 0.461. The second-order valence-electron chi connectivity index (χ2n) is 7.56. The predicted octanol–water partition coefficient (Wildman–Crippen LogP) is 3.92. The number of halogens is 1. The highest BCUT2D eigenvalue weighted by molar-refractivity contribution is 9.10. The second-order valence-corrected chi connectivity index (χ2v) is 8.48. The number of rotatable bonds is 5. The molecule has 2 aromatic rings. The SMILES string of the molecule is CCN=C(NC1CCN(c2ccccn2)CC1)NC1CC1c1ccc(Br)cc1. The van der Waals surface area contributed by atoms with E-state index in [4.69, 9.17) is 0 Å². The molecule has 0 spiro atoms. The molecule has 0 bridgehead atoms. The van der Waals surface area contributed by atoms with Crippen molar-refractivity contribution in [3.63, 3.8) is 0 Å². The van der Waals surface area contributed by atoms with Gasteiger partial charge in [-0.1, -0.05) is 34.1 Å². The molecule has 148 valence electrons. The van der Waals surface area contributed by atoms with E-state index in [-0.39, 0.29) is 0 Å². The van der Waals surface area contributed by atoms with E-state index in [2.05, 4.69) is 84.8 Å². The van der Waals surface area contributed by atoms with Gasteiger partial charge < -0.3 is 15.5 Å². The average molecular weight is 442 g/mol. The Kier molecular flexibility index (Phi) is 6.15.